The van der Waals surface area contributed by atoms with Crippen molar-refractivity contribution >= 4 is 28.7 Å². The standard InChI is InChI=1S/C12H10ClFN2/c13-8-4-5-11(15)12(6-8)16-10-3-1-2-9(14)7-10/h1-7,16H,15H2. The topological polar surface area (TPSA) is 38.0 Å². The zero-order valence-corrected chi connectivity index (χ0v) is 9.13. The summed E-state index contributed by atoms with van der Waals surface area (Å²) in [5, 5.41) is 3.58. The molecule has 0 amide bonds. The third-order valence-electron chi connectivity index (χ3n) is 2.12. The van der Waals surface area contributed by atoms with Crippen molar-refractivity contribution in [3.05, 3.63) is 53.3 Å². The summed E-state index contributed by atoms with van der Waals surface area (Å²) in [4.78, 5) is 0. The Bertz CT molecular complexity index is 514. The monoisotopic (exact) mass is 236 g/mol. The number of rotatable bonds is 2. The lowest BCUT2D eigenvalue weighted by Gasteiger charge is -2.09. The van der Waals surface area contributed by atoms with Gasteiger partial charge >= 0.3 is 0 Å². The first-order chi connectivity index (χ1) is 7.65. The molecule has 82 valence electrons. The van der Waals surface area contributed by atoms with Crippen molar-refractivity contribution in [3.8, 4) is 0 Å². The van der Waals surface area contributed by atoms with Gasteiger partial charge in [0, 0.05) is 10.7 Å². The first-order valence-corrected chi connectivity index (χ1v) is 5.10. The van der Waals surface area contributed by atoms with Gasteiger partial charge in [-0.15, -0.1) is 0 Å². The van der Waals surface area contributed by atoms with Crippen molar-refractivity contribution in [2.24, 2.45) is 0 Å². The Kier molecular flexibility index (Phi) is 2.97. The van der Waals surface area contributed by atoms with Gasteiger partial charge < -0.3 is 11.1 Å². The molecule has 2 aromatic rings. The molecule has 0 saturated carbocycles. The lowest BCUT2D eigenvalue weighted by atomic mass is 10.2. The normalized spacial score (nSPS) is 10.1. The maximum Gasteiger partial charge on any atom is 0.125 e. The molecule has 0 fully saturated rings. The number of halogens is 2. The molecule has 0 aromatic heterocycles. The molecule has 3 N–H and O–H groups in total. The van der Waals surface area contributed by atoms with E-state index in [0.717, 1.165) is 0 Å². The number of nitrogens with one attached hydrogen (secondary N) is 1. The van der Waals surface area contributed by atoms with E-state index in [9.17, 15) is 4.39 Å². The van der Waals surface area contributed by atoms with Gasteiger partial charge in [-0.1, -0.05) is 17.7 Å². The van der Waals surface area contributed by atoms with Crippen molar-refractivity contribution in [1.82, 2.24) is 0 Å². The molecule has 0 aliphatic rings. The van der Waals surface area contributed by atoms with Gasteiger partial charge in [0.2, 0.25) is 0 Å². The molecule has 2 nitrogen and oxygen atoms in total. The Hall–Kier alpha value is -1.74. The highest BCUT2D eigenvalue weighted by atomic mass is 35.5. The van der Waals surface area contributed by atoms with Crippen LogP contribution in [0, 0.1) is 5.82 Å². The van der Waals surface area contributed by atoms with Crippen LogP contribution < -0.4 is 11.1 Å². The summed E-state index contributed by atoms with van der Waals surface area (Å²) in [5.74, 6) is -0.300. The molecule has 0 spiro atoms. The van der Waals surface area contributed by atoms with E-state index >= 15 is 0 Å². The quantitative estimate of drug-likeness (QED) is 0.779. The van der Waals surface area contributed by atoms with Gasteiger partial charge in [0.25, 0.3) is 0 Å². The minimum Gasteiger partial charge on any atom is -0.397 e. The predicted molar refractivity (Wildman–Crippen MR) is 65.5 cm³/mol. The van der Waals surface area contributed by atoms with Gasteiger partial charge in [-0.25, -0.2) is 4.39 Å². The molecule has 0 aliphatic carbocycles. The first-order valence-electron chi connectivity index (χ1n) is 4.73. The summed E-state index contributed by atoms with van der Waals surface area (Å²) in [6, 6.07) is 11.2. The molecule has 2 aromatic carbocycles. The molecule has 0 aliphatic heterocycles. The van der Waals surface area contributed by atoms with Crippen molar-refractivity contribution < 1.29 is 4.39 Å². The summed E-state index contributed by atoms with van der Waals surface area (Å²) in [6.45, 7) is 0. The Morgan fingerprint density at radius 2 is 1.94 bits per heavy atom. The summed E-state index contributed by atoms with van der Waals surface area (Å²) < 4.78 is 13.0. The highest BCUT2D eigenvalue weighted by molar-refractivity contribution is 6.31. The van der Waals surface area contributed by atoms with Gasteiger partial charge in [0.1, 0.15) is 5.82 Å². The average molecular weight is 237 g/mol. The lowest BCUT2D eigenvalue weighted by Crippen LogP contribution is -1.96. The fourth-order valence-corrected chi connectivity index (χ4v) is 1.53. The Labute approximate surface area is 97.8 Å². The van der Waals surface area contributed by atoms with Crippen molar-refractivity contribution in [1.29, 1.82) is 0 Å². The van der Waals surface area contributed by atoms with Crippen LogP contribution in [-0.2, 0) is 0 Å². The van der Waals surface area contributed by atoms with Crippen LogP contribution in [0.5, 0.6) is 0 Å². The van der Waals surface area contributed by atoms with E-state index in [1.807, 2.05) is 0 Å². The molecule has 0 bridgehead atoms. The van der Waals surface area contributed by atoms with E-state index in [1.54, 1.807) is 30.3 Å². The highest BCUT2D eigenvalue weighted by Crippen LogP contribution is 2.26. The second kappa shape index (κ2) is 4.41. The van der Waals surface area contributed by atoms with E-state index in [1.165, 1.54) is 12.1 Å². The molecule has 4 heteroatoms. The minimum absolute atomic E-state index is 0.300. The van der Waals surface area contributed by atoms with Crippen LogP contribution in [0.3, 0.4) is 0 Å². The fourth-order valence-electron chi connectivity index (χ4n) is 1.36. The third kappa shape index (κ3) is 2.44. The van der Waals surface area contributed by atoms with Crippen LogP contribution in [0.2, 0.25) is 5.02 Å². The minimum atomic E-state index is -0.300. The molecular weight excluding hydrogens is 227 g/mol. The van der Waals surface area contributed by atoms with Crippen LogP contribution in [0.25, 0.3) is 0 Å². The summed E-state index contributed by atoms with van der Waals surface area (Å²) in [5.41, 5.74) is 7.62. The van der Waals surface area contributed by atoms with E-state index in [0.29, 0.717) is 22.1 Å². The SMILES string of the molecule is Nc1ccc(Cl)cc1Nc1cccc(F)c1. The molecule has 2 rings (SSSR count). The van der Waals surface area contributed by atoms with E-state index in [-0.39, 0.29) is 5.82 Å². The first kappa shape index (κ1) is 10.8. The van der Waals surface area contributed by atoms with Gasteiger partial charge in [-0.3, -0.25) is 0 Å². The van der Waals surface area contributed by atoms with Crippen LogP contribution in [0.1, 0.15) is 0 Å². The Morgan fingerprint density at radius 1 is 1.12 bits per heavy atom. The number of benzene rings is 2. The summed E-state index contributed by atoms with van der Waals surface area (Å²) >= 11 is 5.84. The lowest BCUT2D eigenvalue weighted by molar-refractivity contribution is 0.628. The van der Waals surface area contributed by atoms with Gasteiger partial charge in [-0.05, 0) is 36.4 Å². The van der Waals surface area contributed by atoms with Crippen LogP contribution in [-0.4, -0.2) is 0 Å². The largest absolute Gasteiger partial charge is 0.397 e. The van der Waals surface area contributed by atoms with Gasteiger partial charge in [-0.2, -0.15) is 0 Å². The molecule has 0 radical (unpaired) electrons. The van der Waals surface area contributed by atoms with E-state index < -0.39 is 0 Å². The van der Waals surface area contributed by atoms with Crippen molar-refractivity contribution in [3.63, 3.8) is 0 Å². The zero-order valence-electron chi connectivity index (χ0n) is 8.37. The molecule has 0 heterocycles. The summed E-state index contributed by atoms with van der Waals surface area (Å²) in [6.07, 6.45) is 0. The molecule has 16 heavy (non-hydrogen) atoms. The molecular formula is C12H10ClFN2. The number of nitrogens with two attached hydrogens (primary N) is 1. The zero-order chi connectivity index (χ0) is 11.5. The smallest absolute Gasteiger partial charge is 0.125 e. The van der Waals surface area contributed by atoms with Crippen LogP contribution >= 0.6 is 11.6 Å². The summed E-state index contributed by atoms with van der Waals surface area (Å²) in [7, 11) is 0. The second-order valence-electron chi connectivity index (χ2n) is 3.37. The Morgan fingerprint density at radius 3 is 2.69 bits per heavy atom. The number of nitrogen functional groups attached to an aromatic ring is 1. The number of anilines is 3. The molecule has 0 atom stereocenters. The van der Waals surface area contributed by atoms with Crippen LogP contribution in [0.15, 0.2) is 42.5 Å². The fraction of sp³-hybridized carbons (Fsp3) is 0. The van der Waals surface area contributed by atoms with Crippen molar-refractivity contribution in [2.45, 2.75) is 0 Å². The van der Waals surface area contributed by atoms with E-state index in [2.05, 4.69) is 5.32 Å². The highest BCUT2D eigenvalue weighted by Gasteiger charge is 2.01. The number of hydrogen-bond donors (Lipinski definition) is 2. The van der Waals surface area contributed by atoms with Crippen LogP contribution in [0.4, 0.5) is 21.5 Å². The maximum absolute atomic E-state index is 13.0. The third-order valence-corrected chi connectivity index (χ3v) is 2.35. The molecule has 0 saturated heterocycles. The molecule has 0 unspecified atom stereocenters. The second-order valence-corrected chi connectivity index (χ2v) is 3.80. The predicted octanol–water partition coefficient (Wildman–Crippen LogP) is 3.80. The van der Waals surface area contributed by atoms with Gasteiger partial charge in [0.15, 0.2) is 0 Å². The van der Waals surface area contributed by atoms with E-state index in [4.69, 9.17) is 17.3 Å². The van der Waals surface area contributed by atoms with Crippen molar-refractivity contribution in [2.75, 3.05) is 11.1 Å². The maximum atomic E-state index is 13.0. The average Bonchev–Trinajstić information content (AvgIpc) is 2.24. The number of hydrogen-bond acceptors (Lipinski definition) is 2. The Balaban J connectivity index is 2.30. The van der Waals surface area contributed by atoms with Gasteiger partial charge in [0.05, 0.1) is 11.4 Å².